The number of fused-ring (bicyclic) bond motifs is 3. The van der Waals surface area contributed by atoms with Gasteiger partial charge in [-0.2, -0.15) is 8.78 Å². The summed E-state index contributed by atoms with van der Waals surface area (Å²) in [7, 11) is 0. The maximum atomic E-state index is 12.8. The lowest BCUT2D eigenvalue weighted by molar-refractivity contribution is 0.0678. The third-order valence-electron chi connectivity index (χ3n) is 3.20. The van der Waals surface area contributed by atoms with Gasteiger partial charge in [0, 0.05) is 12.4 Å². The Hall–Kier alpha value is -2.00. The second kappa shape index (κ2) is 5.33. The van der Waals surface area contributed by atoms with Gasteiger partial charge < -0.3 is 0 Å². The Morgan fingerprint density at radius 1 is 1.23 bits per heavy atom. The van der Waals surface area contributed by atoms with Gasteiger partial charge in [-0.3, -0.25) is 8.97 Å². The number of thioether (sulfide) groups is 1. The van der Waals surface area contributed by atoms with E-state index < -0.39 is 6.55 Å². The molecular formula is C13H9F2N5S2. The molecule has 0 atom stereocenters. The zero-order valence-corrected chi connectivity index (χ0v) is 12.7. The molecule has 3 heterocycles. The van der Waals surface area contributed by atoms with Gasteiger partial charge in [0.05, 0.1) is 16.0 Å². The minimum absolute atomic E-state index is 0.308. The first-order valence-electron chi connectivity index (χ1n) is 6.39. The molecule has 0 fully saturated rings. The van der Waals surface area contributed by atoms with Crippen molar-refractivity contribution in [2.24, 2.45) is 0 Å². The van der Waals surface area contributed by atoms with E-state index in [-0.39, 0.29) is 0 Å². The minimum atomic E-state index is -2.58. The lowest BCUT2D eigenvalue weighted by Gasteiger charge is -2.05. The molecule has 0 N–H and O–H groups in total. The van der Waals surface area contributed by atoms with Crippen molar-refractivity contribution in [3.05, 3.63) is 42.5 Å². The van der Waals surface area contributed by atoms with Crippen molar-refractivity contribution >= 4 is 38.3 Å². The number of thiazole rings is 1. The van der Waals surface area contributed by atoms with Crippen LogP contribution in [0.3, 0.4) is 0 Å². The molecule has 22 heavy (non-hydrogen) atoms. The van der Waals surface area contributed by atoms with E-state index in [1.54, 1.807) is 11.3 Å². The van der Waals surface area contributed by atoms with Gasteiger partial charge in [-0.25, -0.2) is 4.98 Å². The topological polar surface area (TPSA) is 48.0 Å². The monoisotopic (exact) mass is 337 g/mol. The zero-order chi connectivity index (χ0) is 15.1. The first-order valence-corrected chi connectivity index (χ1v) is 8.19. The summed E-state index contributed by atoms with van der Waals surface area (Å²) in [6.07, 6.45) is 2.65. The van der Waals surface area contributed by atoms with E-state index in [0.717, 1.165) is 19.7 Å². The summed E-state index contributed by atoms with van der Waals surface area (Å²) < 4.78 is 29.6. The van der Waals surface area contributed by atoms with Crippen molar-refractivity contribution in [1.82, 2.24) is 24.1 Å². The van der Waals surface area contributed by atoms with E-state index in [4.69, 9.17) is 0 Å². The molecule has 0 unspecified atom stereocenters. The highest BCUT2D eigenvalue weighted by atomic mass is 32.2. The number of benzene rings is 1. The van der Waals surface area contributed by atoms with E-state index in [2.05, 4.69) is 15.2 Å². The van der Waals surface area contributed by atoms with Crippen LogP contribution in [0.1, 0.15) is 12.4 Å². The van der Waals surface area contributed by atoms with Crippen LogP contribution in [-0.2, 0) is 5.75 Å². The largest absolute Gasteiger partial charge is 0.319 e. The van der Waals surface area contributed by atoms with Crippen molar-refractivity contribution in [3.8, 4) is 0 Å². The van der Waals surface area contributed by atoms with Crippen molar-refractivity contribution in [2.45, 2.75) is 17.5 Å². The molecular weight excluding hydrogens is 328 g/mol. The van der Waals surface area contributed by atoms with E-state index >= 15 is 0 Å². The predicted octanol–water partition coefficient (Wildman–Crippen LogP) is 3.83. The average molecular weight is 337 g/mol. The van der Waals surface area contributed by atoms with Gasteiger partial charge in [-0.1, -0.05) is 35.2 Å². The summed E-state index contributed by atoms with van der Waals surface area (Å²) in [5.41, 5.74) is 1.02. The van der Waals surface area contributed by atoms with Crippen LogP contribution in [0.15, 0.2) is 41.8 Å². The molecule has 0 saturated heterocycles. The van der Waals surface area contributed by atoms with E-state index in [9.17, 15) is 8.78 Å². The summed E-state index contributed by atoms with van der Waals surface area (Å²) >= 11 is 2.89. The number of aromatic nitrogens is 5. The lowest BCUT2D eigenvalue weighted by atomic mass is 10.3. The molecule has 0 amide bonds. The predicted molar refractivity (Wildman–Crippen MR) is 81.4 cm³/mol. The number of halogens is 2. The van der Waals surface area contributed by atoms with Crippen LogP contribution < -0.4 is 0 Å². The van der Waals surface area contributed by atoms with Gasteiger partial charge in [-0.15, -0.1) is 10.2 Å². The maximum absolute atomic E-state index is 12.8. The van der Waals surface area contributed by atoms with Gasteiger partial charge in [0.15, 0.2) is 5.16 Å². The lowest BCUT2D eigenvalue weighted by Crippen LogP contribution is -2.02. The number of alkyl halides is 2. The van der Waals surface area contributed by atoms with Crippen LogP contribution in [0.2, 0.25) is 0 Å². The van der Waals surface area contributed by atoms with E-state index in [1.807, 2.05) is 28.7 Å². The molecule has 1 aromatic carbocycles. The third kappa shape index (κ3) is 2.17. The van der Waals surface area contributed by atoms with Crippen molar-refractivity contribution in [3.63, 3.8) is 0 Å². The summed E-state index contributed by atoms with van der Waals surface area (Å²) in [6, 6.07) is 7.93. The second-order valence-corrected chi connectivity index (χ2v) is 6.44. The highest BCUT2D eigenvalue weighted by molar-refractivity contribution is 7.98. The summed E-state index contributed by atoms with van der Waals surface area (Å²) in [6.45, 7) is -2.58. The standard InChI is InChI=1S/C13H9F2N5S2/c14-11(15)19-6-5-16-10(19)7-21-12-17-18-13-20(12)8-3-1-2-4-9(8)22-13/h1-6,11H,7H2. The molecule has 0 aliphatic carbocycles. The number of para-hydroxylation sites is 1. The van der Waals surface area contributed by atoms with Crippen LogP contribution in [-0.4, -0.2) is 24.1 Å². The van der Waals surface area contributed by atoms with E-state index in [1.165, 1.54) is 24.2 Å². The molecule has 0 saturated carbocycles. The molecule has 0 aliphatic rings. The van der Waals surface area contributed by atoms with Gasteiger partial charge in [0.25, 0.3) is 0 Å². The van der Waals surface area contributed by atoms with Crippen molar-refractivity contribution in [1.29, 1.82) is 0 Å². The Labute approximate surface area is 131 Å². The smallest absolute Gasteiger partial charge is 0.277 e. The highest BCUT2D eigenvalue weighted by Gasteiger charge is 2.15. The molecule has 0 bridgehead atoms. The van der Waals surface area contributed by atoms with Crippen LogP contribution in [0.5, 0.6) is 0 Å². The fourth-order valence-electron chi connectivity index (χ4n) is 2.21. The van der Waals surface area contributed by atoms with Crippen LogP contribution >= 0.6 is 23.1 Å². The number of hydrogen-bond donors (Lipinski definition) is 0. The summed E-state index contributed by atoms with van der Waals surface area (Å²) in [5.74, 6) is 0.624. The van der Waals surface area contributed by atoms with Crippen LogP contribution in [0.4, 0.5) is 8.78 Å². The highest BCUT2D eigenvalue weighted by Crippen LogP contribution is 2.30. The summed E-state index contributed by atoms with van der Waals surface area (Å²) in [4.78, 5) is 4.77. The van der Waals surface area contributed by atoms with Crippen molar-refractivity contribution in [2.75, 3.05) is 0 Å². The number of nitrogens with zero attached hydrogens (tertiary/aromatic N) is 5. The van der Waals surface area contributed by atoms with E-state index in [0.29, 0.717) is 16.7 Å². The first kappa shape index (κ1) is 13.6. The van der Waals surface area contributed by atoms with Crippen molar-refractivity contribution < 1.29 is 8.78 Å². The molecule has 4 aromatic rings. The fraction of sp³-hybridized carbons (Fsp3) is 0.154. The fourth-order valence-corrected chi connectivity index (χ4v) is 4.13. The molecule has 9 heteroatoms. The Bertz CT molecular complexity index is 942. The zero-order valence-electron chi connectivity index (χ0n) is 11.1. The van der Waals surface area contributed by atoms with Crippen LogP contribution in [0, 0.1) is 0 Å². The number of imidazole rings is 1. The van der Waals surface area contributed by atoms with Gasteiger partial charge in [0.1, 0.15) is 5.82 Å². The van der Waals surface area contributed by atoms with Gasteiger partial charge in [0.2, 0.25) is 4.96 Å². The van der Waals surface area contributed by atoms with Gasteiger partial charge >= 0.3 is 6.55 Å². The molecule has 4 rings (SSSR count). The quantitative estimate of drug-likeness (QED) is 0.531. The van der Waals surface area contributed by atoms with Crippen LogP contribution in [0.25, 0.3) is 15.2 Å². The number of rotatable bonds is 4. The Morgan fingerprint density at radius 2 is 2.09 bits per heavy atom. The Kier molecular flexibility index (Phi) is 3.30. The third-order valence-corrected chi connectivity index (χ3v) is 5.14. The molecule has 3 aromatic heterocycles. The molecule has 0 aliphatic heterocycles. The molecule has 112 valence electrons. The Morgan fingerprint density at radius 3 is 2.95 bits per heavy atom. The minimum Gasteiger partial charge on any atom is -0.277 e. The maximum Gasteiger partial charge on any atom is 0.319 e. The average Bonchev–Trinajstić information content (AvgIpc) is 3.20. The summed E-state index contributed by atoms with van der Waals surface area (Å²) in [5, 5.41) is 8.97. The molecule has 0 spiro atoms. The van der Waals surface area contributed by atoms with Gasteiger partial charge in [-0.05, 0) is 12.1 Å². The SMILES string of the molecule is FC(F)n1ccnc1CSc1nnc2sc3ccccc3n12. The molecule has 0 radical (unpaired) electrons. The second-order valence-electron chi connectivity index (χ2n) is 4.49. The normalized spacial score (nSPS) is 12.0. The molecule has 5 nitrogen and oxygen atoms in total. The number of hydrogen-bond acceptors (Lipinski definition) is 5. The Balaban J connectivity index is 1.68. The first-order chi connectivity index (χ1) is 10.7.